The molecule has 4 nitrogen and oxygen atoms in total. The van der Waals surface area contributed by atoms with E-state index in [2.05, 4.69) is 21.2 Å². The molecule has 0 aromatic heterocycles. The minimum atomic E-state index is -0.724. The number of carbonyl (C=O) groups is 1. The first-order valence-electron chi connectivity index (χ1n) is 5.34. The summed E-state index contributed by atoms with van der Waals surface area (Å²) in [5.74, 6) is -0.954. The van der Waals surface area contributed by atoms with Gasteiger partial charge in [-0.05, 0) is 32.0 Å². The minimum Gasteiger partial charge on any atom is -0.481 e. The van der Waals surface area contributed by atoms with Crippen molar-refractivity contribution in [2.24, 2.45) is 0 Å². The molecule has 0 atom stereocenters. The number of hydrogen-bond donors (Lipinski definition) is 2. The van der Waals surface area contributed by atoms with Crippen molar-refractivity contribution in [2.75, 3.05) is 13.2 Å². The van der Waals surface area contributed by atoms with Crippen molar-refractivity contribution in [2.45, 2.75) is 19.4 Å². The average molecular weight is 320 g/mol. The molecule has 18 heavy (non-hydrogen) atoms. The lowest BCUT2D eigenvalue weighted by molar-refractivity contribution is -0.125. The van der Waals surface area contributed by atoms with E-state index in [1.807, 2.05) is 0 Å². The lowest BCUT2D eigenvalue weighted by Gasteiger charge is -2.23. The number of amides is 1. The van der Waals surface area contributed by atoms with Crippen LogP contribution >= 0.6 is 15.9 Å². The standard InChI is InChI=1S/C12H15BrFNO3/c1-12(2,7-16)15-11(17)6-18-10-4-3-8(13)5-9(10)14/h3-5,16H,6-7H2,1-2H3,(H,15,17). The number of aliphatic hydroxyl groups excluding tert-OH is 1. The van der Waals surface area contributed by atoms with Gasteiger partial charge in [0.2, 0.25) is 0 Å². The third-order valence-corrected chi connectivity index (χ3v) is 2.62. The topological polar surface area (TPSA) is 58.6 Å². The Morgan fingerprint density at radius 1 is 1.56 bits per heavy atom. The number of hydrogen-bond acceptors (Lipinski definition) is 3. The Balaban J connectivity index is 2.53. The monoisotopic (exact) mass is 319 g/mol. The molecule has 100 valence electrons. The van der Waals surface area contributed by atoms with E-state index in [-0.39, 0.29) is 19.0 Å². The first kappa shape index (κ1) is 14.9. The Morgan fingerprint density at radius 3 is 2.78 bits per heavy atom. The fraction of sp³-hybridized carbons (Fsp3) is 0.417. The Bertz CT molecular complexity index is 437. The Labute approximate surface area is 113 Å². The normalized spacial score (nSPS) is 11.2. The van der Waals surface area contributed by atoms with Gasteiger partial charge in [-0.15, -0.1) is 0 Å². The number of halogens is 2. The number of nitrogens with one attached hydrogen (secondary N) is 1. The van der Waals surface area contributed by atoms with Gasteiger partial charge in [-0.2, -0.15) is 0 Å². The van der Waals surface area contributed by atoms with E-state index in [1.54, 1.807) is 19.9 Å². The number of carbonyl (C=O) groups excluding carboxylic acids is 1. The maximum absolute atomic E-state index is 13.4. The molecule has 0 aliphatic heterocycles. The first-order chi connectivity index (χ1) is 8.34. The molecule has 0 fully saturated rings. The fourth-order valence-electron chi connectivity index (χ4n) is 1.19. The van der Waals surface area contributed by atoms with Crippen LogP contribution in [0.15, 0.2) is 22.7 Å². The summed E-state index contributed by atoms with van der Waals surface area (Å²) in [5.41, 5.74) is -0.724. The molecule has 1 aromatic carbocycles. The van der Waals surface area contributed by atoms with E-state index in [0.717, 1.165) is 0 Å². The van der Waals surface area contributed by atoms with Gasteiger partial charge in [0.25, 0.3) is 5.91 Å². The van der Waals surface area contributed by atoms with Crippen molar-refractivity contribution in [3.63, 3.8) is 0 Å². The quantitative estimate of drug-likeness (QED) is 0.871. The number of aliphatic hydroxyl groups is 1. The molecular weight excluding hydrogens is 305 g/mol. The van der Waals surface area contributed by atoms with Gasteiger partial charge in [0, 0.05) is 4.47 Å². The van der Waals surface area contributed by atoms with Crippen LogP contribution in [0.2, 0.25) is 0 Å². The van der Waals surface area contributed by atoms with Crippen LogP contribution in [0.4, 0.5) is 4.39 Å². The van der Waals surface area contributed by atoms with Gasteiger partial charge >= 0.3 is 0 Å². The zero-order valence-corrected chi connectivity index (χ0v) is 11.8. The summed E-state index contributed by atoms with van der Waals surface area (Å²) >= 11 is 3.12. The molecule has 0 aliphatic carbocycles. The molecule has 0 unspecified atom stereocenters. The highest BCUT2D eigenvalue weighted by Gasteiger charge is 2.19. The van der Waals surface area contributed by atoms with Crippen LogP contribution < -0.4 is 10.1 Å². The van der Waals surface area contributed by atoms with Crippen molar-refractivity contribution < 1.29 is 19.0 Å². The zero-order valence-electron chi connectivity index (χ0n) is 10.2. The van der Waals surface area contributed by atoms with E-state index in [4.69, 9.17) is 9.84 Å². The summed E-state index contributed by atoms with van der Waals surface area (Å²) in [5, 5.41) is 11.5. The highest BCUT2D eigenvalue weighted by Crippen LogP contribution is 2.21. The molecule has 0 heterocycles. The van der Waals surface area contributed by atoms with Gasteiger partial charge < -0.3 is 15.2 Å². The van der Waals surface area contributed by atoms with Gasteiger partial charge in [0.15, 0.2) is 18.2 Å². The van der Waals surface area contributed by atoms with Crippen LogP contribution in [-0.4, -0.2) is 29.8 Å². The zero-order chi connectivity index (χ0) is 13.8. The Morgan fingerprint density at radius 2 is 2.22 bits per heavy atom. The molecule has 0 radical (unpaired) electrons. The van der Waals surface area contributed by atoms with Crippen LogP contribution in [0.5, 0.6) is 5.75 Å². The fourth-order valence-corrected chi connectivity index (χ4v) is 1.52. The molecule has 0 spiro atoms. The molecule has 0 aliphatic rings. The van der Waals surface area contributed by atoms with Crippen LogP contribution in [0.25, 0.3) is 0 Å². The van der Waals surface area contributed by atoms with Crippen molar-refractivity contribution in [1.82, 2.24) is 5.32 Å². The van der Waals surface area contributed by atoms with Gasteiger partial charge in [0.05, 0.1) is 12.1 Å². The van der Waals surface area contributed by atoms with Crippen LogP contribution in [0.3, 0.4) is 0 Å². The number of rotatable bonds is 5. The molecule has 1 amide bonds. The van der Waals surface area contributed by atoms with Gasteiger partial charge in [-0.3, -0.25) is 4.79 Å². The summed E-state index contributed by atoms with van der Waals surface area (Å²) in [7, 11) is 0. The predicted molar refractivity (Wildman–Crippen MR) is 68.9 cm³/mol. The highest BCUT2D eigenvalue weighted by molar-refractivity contribution is 9.10. The van der Waals surface area contributed by atoms with E-state index >= 15 is 0 Å². The summed E-state index contributed by atoms with van der Waals surface area (Å²) in [6, 6.07) is 4.31. The molecule has 0 saturated heterocycles. The lowest BCUT2D eigenvalue weighted by atomic mass is 10.1. The van der Waals surface area contributed by atoms with Crippen molar-refractivity contribution in [1.29, 1.82) is 0 Å². The molecule has 6 heteroatoms. The van der Waals surface area contributed by atoms with Crippen molar-refractivity contribution in [3.8, 4) is 5.75 Å². The van der Waals surface area contributed by atoms with Crippen LogP contribution in [0.1, 0.15) is 13.8 Å². The van der Waals surface area contributed by atoms with Crippen molar-refractivity contribution in [3.05, 3.63) is 28.5 Å². The third kappa shape index (κ3) is 4.62. The number of benzene rings is 1. The first-order valence-corrected chi connectivity index (χ1v) is 6.13. The smallest absolute Gasteiger partial charge is 0.258 e. The van der Waals surface area contributed by atoms with Crippen LogP contribution in [0, 0.1) is 5.82 Å². The molecule has 2 N–H and O–H groups in total. The highest BCUT2D eigenvalue weighted by atomic mass is 79.9. The van der Waals surface area contributed by atoms with E-state index in [9.17, 15) is 9.18 Å². The predicted octanol–water partition coefficient (Wildman–Crippen LogP) is 1.85. The summed E-state index contributed by atoms with van der Waals surface area (Å²) < 4.78 is 19.0. The van der Waals surface area contributed by atoms with E-state index in [1.165, 1.54) is 12.1 Å². The summed E-state index contributed by atoms with van der Waals surface area (Å²) in [4.78, 5) is 11.5. The maximum Gasteiger partial charge on any atom is 0.258 e. The number of ether oxygens (including phenoxy) is 1. The SMILES string of the molecule is CC(C)(CO)NC(=O)COc1ccc(Br)cc1F. The summed E-state index contributed by atoms with van der Waals surface area (Å²) in [6.07, 6.45) is 0. The lowest BCUT2D eigenvalue weighted by Crippen LogP contribution is -2.48. The molecular formula is C12H15BrFNO3. The van der Waals surface area contributed by atoms with Gasteiger partial charge in [0.1, 0.15) is 0 Å². The second-order valence-corrected chi connectivity index (χ2v) is 5.37. The molecule has 1 rings (SSSR count). The summed E-state index contributed by atoms with van der Waals surface area (Å²) in [6.45, 7) is 2.85. The minimum absolute atomic E-state index is 0.00940. The molecule has 0 saturated carbocycles. The third-order valence-electron chi connectivity index (χ3n) is 2.13. The molecule has 0 bridgehead atoms. The largest absolute Gasteiger partial charge is 0.481 e. The van der Waals surface area contributed by atoms with Gasteiger partial charge in [-0.25, -0.2) is 4.39 Å². The van der Waals surface area contributed by atoms with E-state index in [0.29, 0.717) is 4.47 Å². The Kier molecular flexibility index (Phi) is 5.10. The van der Waals surface area contributed by atoms with Crippen molar-refractivity contribution >= 4 is 21.8 Å². The van der Waals surface area contributed by atoms with E-state index < -0.39 is 17.3 Å². The van der Waals surface area contributed by atoms with Crippen LogP contribution in [-0.2, 0) is 4.79 Å². The maximum atomic E-state index is 13.4. The van der Waals surface area contributed by atoms with Gasteiger partial charge in [-0.1, -0.05) is 15.9 Å². The molecule has 1 aromatic rings. The second kappa shape index (κ2) is 6.15. The Hall–Kier alpha value is -1.14. The average Bonchev–Trinajstić information content (AvgIpc) is 2.27. The second-order valence-electron chi connectivity index (χ2n) is 4.45.